The van der Waals surface area contributed by atoms with E-state index in [1.807, 2.05) is 12.2 Å². The van der Waals surface area contributed by atoms with Crippen LogP contribution >= 0.6 is 0 Å². The summed E-state index contributed by atoms with van der Waals surface area (Å²) in [6, 6.07) is 0. The fraction of sp³-hybridized carbons (Fsp3) is 0.615. The average Bonchev–Trinajstić information content (AvgIpc) is 2.21. The van der Waals surface area contributed by atoms with Gasteiger partial charge in [0.05, 0.1) is 0 Å². The summed E-state index contributed by atoms with van der Waals surface area (Å²) in [6.07, 6.45) is 10.8. The summed E-state index contributed by atoms with van der Waals surface area (Å²) in [5.74, 6) is 0.559. The summed E-state index contributed by atoms with van der Waals surface area (Å²) >= 11 is 2.80. The molecule has 0 amide bonds. The molecule has 0 aromatic carbocycles. The number of hydrogen-bond donors (Lipinski definition) is 1. The molecule has 0 aliphatic heterocycles. The van der Waals surface area contributed by atoms with Crippen LogP contribution in [0.5, 0.6) is 0 Å². The van der Waals surface area contributed by atoms with Crippen LogP contribution in [0, 0.1) is 5.92 Å². The van der Waals surface area contributed by atoms with Gasteiger partial charge >= 0.3 is 107 Å². The number of hydrogen-bond acceptors (Lipinski definition) is 1. The maximum atomic E-state index is 5.73. The van der Waals surface area contributed by atoms with E-state index >= 15 is 0 Å². The Labute approximate surface area is 107 Å². The molecule has 0 heterocycles. The second kappa shape index (κ2) is 6.27. The molecule has 1 rings (SSSR count). The van der Waals surface area contributed by atoms with Gasteiger partial charge in [-0.15, -0.1) is 0 Å². The van der Waals surface area contributed by atoms with Crippen LogP contribution in [0.2, 0.25) is 0 Å². The Bertz CT molecular complexity index is 282. The van der Waals surface area contributed by atoms with E-state index in [0.29, 0.717) is 10.7 Å². The zero-order chi connectivity index (χ0) is 12.0. The first kappa shape index (κ1) is 13.5. The van der Waals surface area contributed by atoms with Crippen molar-refractivity contribution >= 4 is 20.7 Å². The van der Waals surface area contributed by atoms with Crippen LogP contribution in [0.25, 0.3) is 0 Å². The van der Waals surface area contributed by atoms with E-state index < -0.39 is 0 Å². The summed E-state index contributed by atoms with van der Waals surface area (Å²) < 4.78 is 0.567. The normalized spacial score (nSPS) is 31.0. The van der Waals surface area contributed by atoms with E-state index in [1.165, 1.54) is 19.3 Å². The Hall–Kier alpha value is -0.531. The van der Waals surface area contributed by atoms with Gasteiger partial charge < -0.3 is 0 Å². The van der Waals surface area contributed by atoms with Gasteiger partial charge in [-0.3, -0.25) is 0 Å². The number of aliphatic imine (C=N–C) groups is 1. The second-order valence-electron chi connectivity index (χ2n) is 4.51. The van der Waals surface area contributed by atoms with Gasteiger partial charge in [-0.05, 0) is 0 Å². The van der Waals surface area contributed by atoms with Gasteiger partial charge in [0.25, 0.3) is 0 Å². The number of rotatable bonds is 5. The van der Waals surface area contributed by atoms with Crippen molar-refractivity contribution in [3.8, 4) is 0 Å². The topological polar surface area (TPSA) is 38.4 Å². The van der Waals surface area contributed by atoms with Crippen molar-refractivity contribution in [2.75, 3.05) is 0 Å². The van der Waals surface area contributed by atoms with Gasteiger partial charge in [0.2, 0.25) is 0 Å². The Balaban J connectivity index is 2.96. The van der Waals surface area contributed by atoms with E-state index in [0.717, 1.165) is 19.3 Å². The number of allylic oxidation sites excluding steroid dienone is 1. The number of amidine groups is 1. The van der Waals surface area contributed by atoms with Crippen molar-refractivity contribution in [2.45, 2.75) is 44.1 Å². The molecule has 0 bridgehead atoms. The molecule has 1 fully saturated rings. The Morgan fingerprint density at radius 2 is 2.19 bits per heavy atom. The average molecular weight is 284 g/mol. The second-order valence-corrected chi connectivity index (χ2v) is 5.39. The molecule has 1 radical (unpaired) electrons. The summed E-state index contributed by atoms with van der Waals surface area (Å²) in [5.41, 5.74) is 5.69. The van der Waals surface area contributed by atoms with Gasteiger partial charge in [-0.1, -0.05) is 0 Å². The molecule has 89 valence electrons. The van der Waals surface area contributed by atoms with Crippen molar-refractivity contribution in [2.24, 2.45) is 16.6 Å². The molecule has 0 aromatic heterocycles. The predicted octanol–water partition coefficient (Wildman–Crippen LogP) is 2.55. The van der Waals surface area contributed by atoms with Crippen molar-refractivity contribution in [3.05, 3.63) is 25.3 Å². The molecular formula is C13H21N2Se. The van der Waals surface area contributed by atoms with Crippen molar-refractivity contribution in [3.63, 3.8) is 0 Å². The number of nitrogens with two attached hydrogens (primary N) is 1. The first-order valence-electron chi connectivity index (χ1n) is 5.89. The molecule has 1 aliphatic rings. The summed E-state index contributed by atoms with van der Waals surface area (Å²) in [4.78, 5) is 4.68. The van der Waals surface area contributed by atoms with Crippen LogP contribution in [-0.2, 0) is 0 Å². The molecule has 2 N–H and O–H groups in total. The molecular weight excluding hydrogens is 263 g/mol. The SMILES string of the molecule is C=CCC1CCCCC1(CC=C)N=C(N)[Se]. The molecule has 1 saturated carbocycles. The fourth-order valence-corrected chi connectivity index (χ4v) is 3.15. The van der Waals surface area contributed by atoms with E-state index in [4.69, 9.17) is 5.73 Å². The quantitative estimate of drug-likeness (QED) is 0.358. The van der Waals surface area contributed by atoms with Crippen LogP contribution in [0.1, 0.15) is 38.5 Å². The van der Waals surface area contributed by atoms with Gasteiger partial charge in [-0.2, -0.15) is 0 Å². The van der Waals surface area contributed by atoms with E-state index in [9.17, 15) is 0 Å². The van der Waals surface area contributed by atoms with Crippen molar-refractivity contribution in [1.29, 1.82) is 0 Å². The molecule has 0 saturated heterocycles. The first-order chi connectivity index (χ1) is 7.64. The third kappa shape index (κ3) is 3.23. The van der Waals surface area contributed by atoms with Crippen LogP contribution in [0.15, 0.2) is 30.3 Å². The van der Waals surface area contributed by atoms with E-state index in [1.54, 1.807) is 0 Å². The molecule has 16 heavy (non-hydrogen) atoms. The minimum atomic E-state index is -0.0382. The number of nitrogens with zero attached hydrogens (tertiary/aromatic N) is 1. The van der Waals surface area contributed by atoms with Crippen LogP contribution < -0.4 is 5.73 Å². The Kier molecular flexibility index (Phi) is 5.30. The fourth-order valence-electron chi connectivity index (χ4n) is 2.76. The standard InChI is InChI=1S/C13H21N2Se/c1-3-7-11-8-5-6-10-13(11,9-4-2)15-12(14)16/h3-4,11H,1-2,5-10H2,(H2,14,15). The van der Waals surface area contributed by atoms with Crippen LogP contribution in [-0.4, -0.2) is 26.3 Å². The van der Waals surface area contributed by atoms with Gasteiger partial charge in [-0.25, -0.2) is 0 Å². The minimum absolute atomic E-state index is 0.0382. The maximum absolute atomic E-state index is 5.73. The van der Waals surface area contributed by atoms with E-state index in [2.05, 4.69) is 34.2 Å². The van der Waals surface area contributed by atoms with Crippen molar-refractivity contribution < 1.29 is 0 Å². The van der Waals surface area contributed by atoms with Gasteiger partial charge in [0, 0.05) is 0 Å². The first-order valence-corrected chi connectivity index (χ1v) is 6.74. The van der Waals surface area contributed by atoms with Crippen LogP contribution in [0.4, 0.5) is 0 Å². The Morgan fingerprint density at radius 3 is 2.75 bits per heavy atom. The summed E-state index contributed by atoms with van der Waals surface area (Å²) in [7, 11) is 0. The molecule has 2 nitrogen and oxygen atoms in total. The summed E-state index contributed by atoms with van der Waals surface area (Å²) in [5, 5.41) is 0. The third-order valence-corrected chi connectivity index (χ3v) is 3.65. The third-order valence-electron chi connectivity index (χ3n) is 3.45. The van der Waals surface area contributed by atoms with E-state index in [-0.39, 0.29) is 5.54 Å². The molecule has 2 atom stereocenters. The zero-order valence-corrected chi connectivity index (χ0v) is 11.5. The van der Waals surface area contributed by atoms with Gasteiger partial charge in [0.15, 0.2) is 0 Å². The molecule has 2 unspecified atom stereocenters. The molecule has 0 aromatic rings. The summed E-state index contributed by atoms with van der Waals surface area (Å²) in [6.45, 7) is 7.70. The molecule has 3 heteroatoms. The van der Waals surface area contributed by atoms with Crippen molar-refractivity contribution in [1.82, 2.24) is 0 Å². The Morgan fingerprint density at radius 1 is 1.44 bits per heavy atom. The van der Waals surface area contributed by atoms with Crippen LogP contribution in [0.3, 0.4) is 0 Å². The molecule has 1 aliphatic carbocycles. The monoisotopic (exact) mass is 285 g/mol. The van der Waals surface area contributed by atoms with Gasteiger partial charge in [0.1, 0.15) is 0 Å². The predicted molar refractivity (Wildman–Crippen MR) is 71.7 cm³/mol. The zero-order valence-electron chi connectivity index (χ0n) is 9.82. The molecule has 0 spiro atoms.